The lowest BCUT2D eigenvalue weighted by Crippen LogP contribution is -2.44. The van der Waals surface area contributed by atoms with Crippen LogP contribution in [-0.2, 0) is 4.79 Å². The van der Waals surface area contributed by atoms with Crippen LogP contribution in [0.4, 0.5) is 0 Å². The number of aliphatic imine (C=N–C) groups is 1. The summed E-state index contributed by atoms with van der Waals surface area (Å²) in [6.07, 6.45) is 4.91. The lowest BCUT2D eigenvalue weighted by molar-refractivity contribution is -0.128. The largest absolute Gasteiger partial charge is 0.357 e. The van der Waals surface area contributed by atoms with E-state index < -0.39 is 0 Å². The highest BCUT2D eigenvalue weighted by molar-refractivity contribution is 14.0. The first kappa shape index (κ1) is 21.5. The summed E-state index contributed by atoms with van der Waals surface area (Å²) in [5, 5.41) is 6.58. The van der Waals surface area contributed by atoms with Gasteiger partial charge in [0.15, 0.2) is 5.96 Å². The number of carbonyl (C=O) groups excluding carboxylic acids is 1. The van der Waals surface area contributed by atoms with Crippen molar-refractivity contribution < 1.29 is 4.79 Å². The number of guanidine groups is 1. The van der Waals surface area contributed by atoms with Crippen molar-refractivity contribution >= 4 is 35.8 Å². The maximum Gasteiger partial charge on any atom is 0.244 e. The lowest BCUT2D eigenvalue weighted by atomic mass is 10.0. The van der Waals surface area contributed by atoms with Crippen LogP contribution in [0.1, 0.15) is 39.5 Å². The van der Waals surface area contributed by atoms with Crippen LogP contribution in [0.25, 0.3) is 0 Å². The Balaban J connectivity index is 0.00000288. The maximum absolute atomic E-state index is 12.1. The minimum atomic E-state index is 0. The molecule has 1 atom stereocenters. The van der Waals surface area contributed by atoms with Gasteiger partial charge in [-0.05, 0) is 45.1 Å². The van der Waals surface area contributed by atoms with Crippen molar-refractivity contribution in [2.45, 2.75) is 39.5 Å². The number of hydrogen-bond donors (Lipinski definition) is 2. The molecule has 0 spiro atoms. The Kier molecular flexibility index (Phi) is 10.6. The summed E-state index contributed by atoms with van der Waals surface area (Å²) in [5.74, 6) is 1.71. The van der Waals surface area contributed by atoms with Crippen LogP contribution in [0, 0.1) is 5.92 Å². The Hall–Kier alpha value is -0.570. The molecule has 0 aromatic rings. The van der Waals surface area contributed by atoms with E-state index in [1.54, 1.807) is 0 Å². The molecule has 0 saturated carbocycles. The normalized spacial score (nSPS) is 22.2. The molecule has 7 heteroatoms. The summed E-state index contributed by atoms with van der Waals surface area (Å²) in [6, 6.07) is 0. The monoisotopic (exact) mass is 451 g/mol. The topological polar surface area (TPSA) is 60.0 Å². The first-order valence-corrected chi connectivity index (χ1v) is 9.21. The first-order chi connectivity index (χ1) is 11.2. The molecule has 1 amide bonds. The lowest BCUT2D eigenvalue weighted by Gasteiger charge is -2.30. The van der Waals surface area contributed by atoms with E-state index in [0.717, 1.165) is 57.4 Å². The summed E-state index contributed by atoms with van der Waals surface area (Å²) in [7, 11) is 0. The molecule has 0 aromatic carbocycles. The van der Waals surface area contributed by atoms with Crippen LogP contribution < -0.4 is 10.6 Å². The molecule has 0 aromatic heterocycles. The minimum Gasteiger partial charge on any atom is -0.357 e. The molecule has 6 nitrogen and oxygen atoms in total. The number of hydrogen-bond acceptors (Lipinski definition) is 3. The second kappa shape index (κ2) is 11.9. The van der Waals surface area contributed by atoms with Gasteiger partial charge in [-0.25, -0.2) is 4.99 Å². The van der Waals surface area contributed by atoms with Crippen molar-refractivity contribution in [3.63, 3.8) is 0 Å². The van der Waals surface area contributed by atoms with Gasteiger partial charge < -0.3 is 20.4 Å². The highest BCUT2D eigenvalue weighted by Gasteiger charge is 2.18. The molecule has 0 bridgehead atoms. The standard InChI is InChI=1S/C17H33N5O.HI/c1-3-18-17(20-13-16(23)22-10-4-5-11-22)19-8-12-21-9-6-7-15(2)14-21;/h15H,3-14H2,1-2H3,(H2,18,19,20);1H. The van der Waals surface area contributed by atoms with Gasteiger partial charge in [0.2, 0.25) is 5.91 Å². The number of likely N-dealkylation sites (tertiary alicyclic amines) is 2. The number of carbonyl (C=O) groups is 1. The van der Waals surface area contributed by atoms with Gasteiger partial charge in [0, 0.05) is 39.3 Å². The predicted molar refractivity (Wildman–Crippen MR) is 110 cm³/mol. The second-order valence-corrected chi connectivity index (χ2v) is 6.76. The van der Waals surface area contributed by atoms with Gasteiger partial charge in [-0.2, -0.15) is 0 Å². The Morgan fingerprint density at radius 3 is 2.58 bits per heavy atom. The van der Waals surface area contributed by atoms with E-state index in [1.807, 2.05) is 11.8 Å². The Morgan fingerprint density at radius 2 is 1.92 bits per heavy atom. The molecule has 0 aliphatic carbocycles. The molecule has 0 radical (unpaired) electrons. The third-order valence-corrected chi connectivity index (χ3v) is 4.64. The van der Waals surface area contributed by atoms with Crippen LogP contribution in [0.2, 0.25) is 0 Å². The molecule has 2 aliphatic rings. The zero-order chi connectivity index (χ0) is 16.5. The van der Waals surface area contributed by atoms with Gasteiger partial charge in [-0.1, -0.05) is 6.92 Å². The highest BCUT2D eigenvalue weighted by atomic mass is 127. The molecular weight excluding hydrogens is 417 g/mol. The molecule has 2 N–H and O–H groups in total. The van der Waals surface area contributed by atoms with E-state index in [1.165, 1.54) is 25.9 Å². The summed E-state index contributed by atoms with van der Waals surface area (Å²) in [4.78, 5) is 20.9. The summed E-state index contributed by atoms with van der Waals surface area (Å²) in [6.45, 7) is 11.5. The number of nitrogens with zero attached hydrogens (tertiary/aromatic N) is 3. The zero-order valence-corrected chi connectivity index (χ0v) is 17.6. The third-order valence-electron chi connectivity index (χ3n) is 4.64. The van der Waals surface area contributed by atoms with Crippen molar-refractivity contribution in [3.05, 3.63) is 0 Å². The molecule has 24 heavy (non-hydrogen) atoms. The van der Waals surface area contributed by atoms with Gasteiger partial charge in [0.1, 0.15) is 6.54 Å². The predicted octanol–water partition coefficient (Wildman–Crippen LogP) is 1.51. The average molecular weight is 451 g/mol. The SMILES string of the molecule is CCNC(=NCC(=O)N1CCCC1)NCCN1CCCC(C)C1.I. The molecule has 2 saturated heterocycles. The fraction of sp³-hybridized carbons (Fsp3) is 0.882. The fourth-order valence-corrected chi connectivity index (χ4v) is 3.38. The number of nitrogens with one attached hydrogen (secondary N) is 2. The van der Waals surface area contributed by atoms with Crippen LogP contribution in [0.15, 0.2) is 4.99 Å². The van der Waals surface area contributed by atoms with Crippen molar-refractivity contribution in [3.8, 4) is 0 Å². The van der Waals surface area contributed by atoms with Gasteiger partial charge in [0.25, 0.3) is 0 Å². The number of piperidine rings is 1. The summed E-state index contributed by atoms with van der Waals surface area (Å²) >= 11 is 0. The Morgan fingerprint density at radius 1 is 1.17 bits per heavy atom. The molecule has 2 aliphatic heterocycles. The minimum absolute atomic E-state index is 0. The fourth-order valence-electron chi connectivity index (χ4n) is 3.38. The summed E-state index contributed by atoms with van der Waals surface area (Å²) < 4.78 is 0. The van der Waals surface area contributed by atoms with Gasteiger partial charge in [-0.3, -0.25) is 4.79 Å². The van der Waals surface area contributed by atoms with Crippen molar-refractivity contribution in [2.75, 3.05) is 52.4 Å². The van der Waals surface area contributed by atoms with E-state index in [2.05, 4.69) is 27.4 Å². The van der Waals surface area contributed by atoms with Crippen molar-refractivity contribution in [1.29, 1.82) is 0 Å². The molecule has 2 fully saturated rings. The van der Waals surface area contributed by atoms with E-state index >= 15 is 0 Å². The van der Waals surface area contributed by atoms with Gasteiger partial charge >= 0.3 is 0 Å². The third kappa shape index (κ3) is 7.55. The Bertz CT molecular complexity index is 398. The maximum atomic E-state index is 12.1. The number of amides is 1. The first-order valence-electron chi connectivity index (χ1n) is 9.21. The van der Waals surface area contributed by atoms with Gasteiger partial charge in [0.05, 0.1) is 0 Å². The number of rotatable bonds is 6. The molecule has 1 unspecified atom stereocenters. The van der Waals surface area contributed by atoms with Crippen LogP contribution in [0.5, 0.6) is 0 Å². The Labute approximate surface area is 163 Å². The van der Waals surface area contributed by atoms with Gasteiger partial charge in [-0.15, -0.1) is 24.0 Å². The van der Waals surface area contributed by atoms with Crippen LogP contribution in [0.3, 0.4) is 0 Å². The number of halogens is 1. The van der Waals surface area contributed by atoms with E-state index in [9.17, 15) is 4.79 Å². The molecular formula is C17H34IN5O. The van der Waals surface area contributed by atoms with Crippen LogP contribution >= 0.6 is 24.0 Å². The van der Waals surface area contributed by atoms with E-state index in [-0.39, 0.29) is 36.4 Å². The van der Waals surface area contributed by atoms with E-state index in [0.29, 0.717) is 0 Å². The zero-order valence-electron chi connectivity index (χ0n) is 15.2. The summed E-state index contributed by atoms with van der Waals surface area (Å²) in [5.41, 5.74) is 0. The average Bonchev–Trinajstić information content (AvgIpc) is 3.07. The van der Waals surface area contributed by atoms with Crippen molar-refractivity contribution in [2.24, 2.45) is 10.9 Å². The van der Waals surface area contributed by atoms with Crippen molar-refractivity contribution in [1.82, 2.24) is 20.4 Å². The highest BCUT2D eigenvalue weighted by Crippen LogP contribution is 2.14. The van der Waals surface area contributed by atoms with Crippen LogP contribution in [-0.4, -0.2) is 74.0 Å². The molecule has 140 valence electrons. The van der Waals surface area contributed by atoms with E-state index in [4.69, 9.17) is 0 Å². The molecule has 2 rings (SSSR count). The molecule has 2 heterocycles. The smallest absolute Gasteiger partial charge is 0.244 e. The quantitative estimate of drug-likeness (QED) is 0.365. The second-order valence-electron chi connectivity index (χ2n) is 6.76.